The third kappa shape index (κ3) is 5.78. The molecule has 0 amide bonds. The number of halogens is 1. The molecule has 0 saturated heterocycles. The molecule has 0 aliphatic carbocycles. The van der Waals surface area contributed by atoms with E-state index in [-0.39, 0.29) is 5.82 Å². The second-order valence-electron chi connectivity index (χ2n) is 7.38. The Morgan fingerprint density at radius 2 is 1.86 bits per heavy atom. The van der Waals surface area contributed by atoms with E-state index in [1.807, 2.05) is 6.07 Å². The normalized spacial score (nSPS) is 12.2. The second kappa shape index (κ2) is 10.2. The molecule has 148 valence electrons. The molecule has 2 aromatic carbocycles. The van der Waals surface area contributed by atoms with Gasteiger partial charge in [-0.05, 0) is 42.3 Å². The van der Waals surface area contributed by atoms with Gasteiger partial charge in [0.15, 0.2) is 0 Å². The zero-order chi connectivity index (χ0) is 19.8. The zero-order valence-electron chi connectivity index (χ0n) is 16.8. The highest BCUT2D eigenvalue weighted by atomic mass is 19.1. The Morgan fingerprint density at radius 1 is 1.00 bits per heavy atom. The molecule has 1 heterocycles. The van der Waals surface area contributed by atoms with Crippen LogP contribution in [0.5, 0.6) is 0 Å². The Kier molecular flexibility index (Phi) is 7.40. The maximum atomic E-state index is 13.6. The van der Waals surface area contributed by atoms with E-state index in [1.54, 1.807) is 19.2 Å². The van der Waals surface area contributed by atoms with Crippen molar-refractivity contribution in [2.75, 3.05) is 20.3 Å². The second-order valence-corrected chi connectivity index (χ2v) is 7.38. The molecule has 3 nitrogen and oxygen atoms in total. The highest BCUT2D eigenvalue weighted by Gasteiger charge is 2.14. The summed E-state index contributed by atoms with van der Waals surface area (Å²) in [7, 11) is 1.74. The van der Waals surface area contributed by atoms with Crippen LogP contribution in [-0.4, -0.2) is 24.8 Å². The summed E-state index contributed by atoms with van der Waals surface area (Å²) in [4.78, 5) is 1.41. The van der Waals surface area contributed by atoms with E-state index in [0.29, 0.717) is 0 Å². The van der Waals surface area contributed by atoms with Gasteiger partial charge in [0.05, 0.1) is 18.8 Å². The number of nitrogens with one attached hydrogen (secondary N) is 1. The smallest absolute Gasteiger partial charge is 0.123 e. The molecule has 0 aliphatic heterocycles. The van der Waals surface area contributed by atoms with Crippen LogP contribution in [0.25, 0.3) is 0 Å². The highest BCUT2D eigenvalue weighted by Crippen LogP contribution is 2.12. The molecule has 4 heteroatoms. The molecule has 0 bridgehead atoms. The fourth-order valence-electron chi connectivity index (χ4n) is 3.63. The van der Waals surface area contributed by atoms with Gasteiger partial charge in [-0.15, -0.1) is 0 Å². The van der Waals surface area contributed by atoms with Crippen LogP contribution in [0, 0.1) is 12.7 Å². The van der Waals surface area contributed by atoms with Crippen LogP contribution in [0.15, 0.2) is 66.9 Å². The van der Waals surface area contributed by atoms with Crippen molar-refractivity contribution in [1.82, 2.24) is 4.57 Å². The van der Waals surface area contributed by atoms with E-state index in [4.69, 9.17) is 4.74 Å². The minimum absolute atomic E-state index is 0.170. The quantitative estimate of drug-likeness (QED) is 0.532. The molecule has 3 rings (SSSR count). The van der Waals surface area contributed by atoms with Crippen molar-refractivity contribution in [3.05, 3.63) is 95.1 Å². The van der Waals surface area contributed by atoms with E-state index in [2.05, 4.69) is 54.1 Å². The van der Waals surface area contributed by atoms with E-state index >= 15 is 0 Å². The van der Waals surface area contributed by atoms with E-state index in [0.717, 1.165) is 44.8 Å². The van der Waals surface area contributed by atoms with Crippen LogP contribution in [0.4, 0.5) is 4.39 Å². The van der Waals surface area contributed by atoms with Crippen molar-refractivity contribution in [1.29, 1.82) is 0 Å². The van der Waals surface area contributed by atoms with Crippen molar-refractivity contribution in [2.24, 2.45) is 0 Å². The minimum Gasteiger partial charge on any atom is -0.384 e. The number of rotatable bonds is 10. The number of hydrogen-bond donors (Lipinski definition) is 1. The fraction of sp³-hybridized carbons (Fsp3) is 0.333. The van der Waals surface area contributed by atoms with E-state index < -0.39 is 0 Å². The number of methoxy groups -OCH3 is 1. The Labute approximate surface area is 167 Å². The van der Waals surface area contributed by atoms with Gasteiger partial charge in [-0.25, -0.2) is 4.39 Å². The van der Waals surface area contributed by atoms with Crippen molar-refractivity contribution >= 4 is 0 Å². The molecule has 0 radical (unpaired) electrons. The summed E-state index contributed by atoms with van der Waals surface area (Å²) in [6.45, 7) is 6.47. The molecule has 0 aliphatic rings. The first-order chi connectivity index (χ1) is 13.7. The van der Waals surface area contributed by atoms with Gasteiger partial charge in [-0.3, -0.25) is 0 Å². The van der Waals surface area contributed by atoms with E-state index in [9.17, 15) is 4.39 Å². The number of aryl methyl sites for hydroxylation is 1. The van der Waals surface area contributed by atoms with Crippen LogP contribution in [-0.2, 0) is 24.4 Å². The molecule has 0 fully saturated rings. The predicted octanol–water partition coefficient (Wildman–Crippen LogP) is 3.61. The zero-order valence-corrected chi connectivity index (χ0v) is 16.8. The number of benzene rings is 2. The van der Waals surface area contributed by atoms with Crippen molar-refractivity contribution in [3.63, 3.8) is 0 Å². The summed E-state index contributed by atoms with van der Waals surface area (Å²) < 4.78 is 21.2. The molecule has 1 unspecified atom stereocenters. The van der Waals surface area contributed by atoms with Gasteiger partial charge in [0, 0.05) is 31.8 Å². The Morgan fingerprint density at radius 3 is 2.64 bits per heavy atom. The van der Waals surface area contributed by atoms with Crippen LogP contribution < -0.4 is 4.90 Å². The first-order valence-corrected chi connectivity index (χ1v) is 9.91. The topological polar surface area (TPSA) is 18.6 Å². The Balaban J connectivity index is 1.73. The Hall–Kier alpha value is -2.43. The number of quaternary nitrogens is 1. The largest absolute Gasteiger partial charge is 0.384 e. The van der Waals surface area contributed by atoms with Gasteiger partial charge in [-0.1, -0.05) is 36.4 Å². The van der Waals surface area contributed by atoms with Gasteiger partial charge in [0.2, 0.25) is 0 Å². The molecular formula is C24H30FN2O+. The number of nitrogens with zero attached hydrogens (tertiary/aromatic N) is 1. The van der Waals surface area contributed by atoms with Gasteiger partial charge in [-0.2, -0.15) is 0 Å². The molecule has 0 spiro atoms. The summed E-state index contributed by atoms with van der Waals surface area (Å²) >= 11 is 0. The van der Waals surface area contributed by atoms with Crippen LogP contribution in [0.1, 0.15) is 28.8 Å². The lowest BCUT2D eigenvalue weighted by atomic mass is 10.1. The van der Waals surface area contributed by atoms with Crippen molar-refractivity contribution < 1.29 is 14.0 Å². The van der Waals surface area contributed by atoms with E-state index in [1.165, 1.54) is 27.8 Å². The number of hydrogen-bond acceptors (Lipinski definition) is 1. The fourth-order valence-corrected chi connectivity index (χ4v) is 3.63. The lowest BCUT2D eigenvalue weighted by Crippen LogP contribution is -3.09. The maximum Gasteiger partial charge on any atom is 0.123 e. The van der Waals surface area contributed by atoms with Gasteiger partial charge < -0.3 is 14.2 Å². The monoisotopic (exact) mass is 381 g/mol. The summed E-state index contributed by atoms with van der Waals surface area (Å²) in [6, 6.07) is 19.8. The SMILES string of the molecule is COCCC[NH+](Cc1cccc(F)c1)Cc1cccn1Cc1ccccc1C. The molecule has 3 aromatic rings. The first kappa shape index (κ1) is 20.3. The first-order valence-electron chi connectivity index (χ1n) is 9.91. The lowest BCUT2D eigenvalue weighted by molar-refractivity contribution is -0.928. The molecule has 1 aromatic heterocycles. The molecule has 28 heavy (non-hydrogen) atoms. The van der Waals surface area contributed by atoms with Gasteiger partial charge in [0.25, 0.3) is 0 Å². The average molecular weight is 382 g/mol. The highest BCUT2D eigenvalue weighted by molar-refractivity contribution is 5.26. The number of aromatic nitrogens is 1. The lowest BCUT2D eigenvalue weighted by Gasteiger charge is -2.21. The van der Waals surface area contributed by atoms with Crippen molar-refractivity contribution in [3.8, 4) is 0 Å². The predicted molar refractivity (Wildman–Crippen MR) is 111 cm³/mol. The minimum atomic E-state index is -0.170. The third-order valence-corrected chi connectivity index (χ3v) is 5.18. The average Bonchev–Trinajstić information content (AvgIpc) is 3.10. The summed E-state index contributed by atoms with van der Waals surface area (Å²) in [5, 5.41) is 0. The maximum absolute atomic E-state index is 13.6. The van der Waals surface area contributed by atoms with Gasteiger partial charge >= 0.3 is 0 Å². The van der Waals surface area contributed by atoms with Crippen LogP contribution in [0.3, 0.4) is 0 Å². The third-order valence-electron chi connectivity index (χ3n) is 5.18. The van der Waals surface area contributed by atoms with Crippen LogP contribution >= 0.6 is 0 Å². The Bertz CT molecular complexity index is 874. The molecule has 0 saturated carbocycles. The summed E-state index contributed by atoms with van der Waals surface area (Å²) in [5.74, 6) is -0.170. The van der Waals surface area contributed by atoms with Crippen molar-refractivity contribution in [2.45, 2.75) is 33.0 Å². The summed E-state index contributed by atoms with van der Waals surface area (Å²) in [6.07, 6.45) is 3.14. The standard InChI is InChI=1S/C24H29FN2O/c1-20-8-3-4-10-22(20)18-27-14-6-12-24(27)19-26(13-7-15-28-2)17-21-9-5-11-23(25)16-21/h3-6,8-12,14,16H,7,13,15,17-19H2,1-2H3/p+1. The molecule has 1 N–H and O–H groups in total. The molecular weight excluding hydrogens is 351 g/mol. The number of ether oxygens (including phenoxy) is 1. The molecule has 1 atom stereocenters. The van der Waals surface area contributed by atoms with Crippen LogP contribution in [0.2, 0.25) is 0 Å². The van der Waals surface area contributed by atoms with Gasteiger partial charge in [0.1, 0.15) is 18.9 Å². The summed E-state index contributed by atoms with van der Waals surface area (Å²) in [5.41, 5.74) is 4.98.